The van der Waals surface area contributed by atoms with Gasteiger partial charge in [-0.3, -0.25) is 4.79 Å². The van der Waals surface area contributed by atoms with Crippen LogP contribution in [0.5, 0.6) is 0 Å². The van der Waals surface area contributed by atoms with Crippen molar-refractivity contribution >= 4 is 28.1 Å². The summed E-state index contributed by atoms with van der Waals surface area (Å²) in [5, 5.41) is 19.6. The summed E-state index contributed by atoms with van der Waals surface area (Å²) in [7, 11) is 4.20. The molecule has 3 heterocycles. The van der Waals surface area contributed by atoms with Gasteiger partial charge in [-0.25, -0.2) is 0 Å². The minimum Gasteiger partial charge on any atom is -0.342 e. The smallest absolute Gasteiger partial charge is 0.228 e. The Hall–Kier alpha value is -2.45. The number of piperidine rings is 1. The van der Waals surface area contributed by atoms with Crippen LogP contribution in [-0.4, -0.2) is 69.3 Å². The SMILES string of the molecule is Cc1nnc(-c2ccc3nnc(CC(=O)N4CCC(N(C)C)CC4)cc3c2)s1. The van der Waals surface area contributed by atoms with Crippen LogP contribution in [0, 0.1) is 6.92 Å². The van der Waals surface area contributed by atoms with E-state index < -0.39 is 0 Å². The van der Waals surface area contributed by atoms with E-state index >= 15 is 0 Å². The third kappa shape index (κ3) is 4.02. The molecule has 0 bridgehead atoms. The minimum atomic E-state index is 0.127. The van der Waals surface area contributed by atoms with Crippen LogP contribution in [0.1, 0.15) is 23.5 Å². The lowest BCUT2D eigenvalue weighted by molar-refractivity contribution is -0.132. The van der Waals surface area contributed by atoms with Gasteiger partial charge in [0.2, 0.25) is 5.91 Å². The lowest BCUT2D eigenvalue weighted by Crippen LogP contribution is -2.45. The summed E-state index contributed by atoms with van der Waals surface area (Å²) in [4.78, 5) is 16.9. The molecule has 3 aromatic rings. The van der Waals surface area contributed by atoms with E-state index in [4.69, 9.17) is 0 Å². The van der Waals surface area contributed by atoms with Crippen LogP contribution in [0.3, 0.4) is 0 Å². The van der Waals surface area contributed by atoms with Gasteiger partial charge in [-0.05, 0) is 58.1 Å². The number of likely N-dealkylation sites (tertiary alicyclic amines) is 1. The molecule has 0 aliphatic carbocycles. The quantitative estimate of drug-likeness (QED) is 0.675. The fourth-order valence-electron chi connectivity index (χ4n) is 3.62. The van der Waals surface area contributed by atoms with Gasteiger partial charge in [0.1, 0.15) is 10.0 Å². The van der Waals surface area contributed by atoms with Crippen molar-refractivity contribution in [3.63, 3.8) is 0 Å². The second-order valence-corrected chi connectivity index (χ2v) is 8.67. The van der Waals surface area contributed by atoms with Crippen molar-refractivity contribution in [3.8, 4) is 10.6 Å². The average molecular weight is 397 g/mol. The van der Waals surface area contributed by atoms with Gasteiger partial charge in [0.15, 0.2) is 0 Å². The van der Waals surface area contributed by atoms with Crippen molar-refractivity contribution < 1.29 is 4.79 Å². The normalized spacial score (nSPS) is 15.5. The first kappa shape index (κ1) is 18.9. The lowest BCUT2D eigenvalue weighted by atomic mass is 10.0. The summed E-state index contributed by atoms with van der Waals surface area (Å²) >= 11 is 1.56. The lowest BCUT2D eigenvalue weighted by Gasteiger charge is -2.35. The van der Waals surface area contributed by atoms with Crippen LogP contribution in [-0.2, 0) is 11.2 Å². The Balaban J connectivity index is 1.49. The van der Waals surface area contributed by atoms with Crippen molar-refractivity contribution in [2.75, 3.05) is 27.2 Å². The van der Waals surface area contributed by atoms with Crippen LogP contribution in [0.15, 0.2) is 24.3 Å². The number of carbonyl (C=O) groups is 1. The summed E-state index contributed by atoms with van der Waals surface area (Å²) in [6.07, 6.45) is 2.33. The Morgan fingerprint density at radius 1 is 1.14 bits per heavy atom. The van der Waals surface area contributed by atoms with E-state index in [0.29, 0.717) is 11.7 Å². The molecule has 1 fully saturated rings. The van der Waals surface area contributed by atoms with Crippen LogP contribution in [0.25, 0.3) is 21.5 Å². The third-order valence-corrected chi connectivity index (χ3v) is 6.18. The van der Waals surface area contributed by atoms with E-state index in [9.17, 15) is 4.79 Å². The first-order valence-electron chi connectivity index (χ1n) is 9.50. The van der Waals surface area contributed by atoms with Crippen LogP contribution >= 0.6 is 11.3 Å². The van der Waals surface area contributed by atoms with Crippen molar-refractivity contribution in [1.29, 1.82) is 0 Å². The van der Waals surface area contributed by atoms with E-state index in [1.165, 1.54) is 0 Å². The van der Waals surface area contributed by atoms with Gasteiger partial charge in [-0.1, -0.05) is 11.3 Å². The first-order valence-corrected chi connectivity index (χ1v) is 10.3. The van der Waals surface area contributed by atoms with E-state index in [1.807, 2.05) is 36.1 Å². The molecule has 1 saturated heterocycles. The fourth-order valence-corrected chi connectivity index (χ4v) is 4.31. The number of aromatic nitrogens is 4. The highest BCUT2D eigenvalue weighted by Gasteiger charge is 2.24. The molecule has 0 unspecified atom stereocenters. The molecule has 0 spiro atoms. The molecular weight excluding hydrogens is 372 g/mol. The maximum Gasteiger partial charge on any atom is 0.228 e. The summed E-state index contributed by atoms with van der Waals surface area (Å²) in [5.41, 5.74) is 2.53. The maximum absolute atomic E-state index is 12.7. The van der Waals surface area contributed by atoms with Gasteiger partial charge in [-0.15, -0.1) is 10.2 Å². The Bertz CT molecular complexity index is 993. The zero-order valence-electron chi connectivity index (χ0n) is 16.4. The van der Waals surface area contributed by atoms with Gasteiger partial charge < -0.3 is 9.80 Å². The molecule has 28 heavy (non-hydrogen) atoms. The maximum atomic E-state index is 12.7. The Morgan fingerprint density at radius 3 is 2.61 bits per heavy atom. The predicted octanol–water partition coefficient (Wildman–Crippen LogP) is 2.55. The van der Waals surface area contributed by atoms with E-state index in [1.54, 1.807) is 11.3 Å². The molecule has 1 aliphatic rings. The molecular formula is C20H24N6OS. The Labute approximate surface area is 168 Å². The zero-order chi connectivity index (χ0) is 19.7. The molecule has 0 radical (unpaired) electrons. The summed E-state index contributed by atoms with van der Waals surface area (Å²) in [6.45, 7) is 3.56. The number of amides is 1. The van der Waals surface area contributed by atoms with Gasteiger partial charge in [0.25, 0.3) is 0 Å². The Morgan fingerprint density at radius 2 is 1.93 bits per heavy atom. The largest absolute Gasteiger partial charge is 0.342 e. The minimum absolute atomic E-state index is 0.127. The predicted molar refractivity (Wildman–Crippen MR) is 110 cm³/mol. The van der Waals surface area contributed by atoms with Crippen molar-refractivity contribution in [1.82, 2.24) is 30.2 Å². The van der Waals surface area contributed by atoms with E-state index in [2.05, 4.69) is 39.4 Å². The van der Waals surface area contributed by atoms with Crippen LogP contribution in [0.4, 0.5) is 0 Å². The van der Waals surface area contributed by atoms with Crippen molar-refractivity contribution in [2.24, 2.45) is 0 Å². The number of aryl methyl sites for hydroxylation is 1. The van der Waals surface area contributed by atoms with Crippen LogP contribution in [0.2, 0.25) is 0 Å². The molecule has 1 aliphatic heterocycles. The number of carbonyl (C=O) groups excluding carboxylic acids is 1. The molecule has 0 N–H and O–H groups in total. The highest BCUT2D eigenvalue weighted by Crippen LogP contribution is 2.26. The standard InChI is InChI=1S/C20H24N6OS/c1-13-21-24-20(28-13)14-4-5-18-15(10-14)11-16(22-23-18)12-19(27)26-8-6-17(7-9-26)25(2)3/h4-5,10-11,17H,6-9,12H2,1-3H3. The number of nitrogens with zero attached hydrogens (tertiary/aromatic N) is 6. The average Bonchev–Trinajstić information content (AvgIpc) is 3.14. The second-order valence-electron chi connectivity index (χ2n) is 7.49. The van der Waals surface area contributed by atoms with Crippen LogP contribution < -0.4 is 0 Å². The zero-order valence-corrected chi connectivity index (χ0v) is 17.2. The topological polar surface area (TPSA) is 75.1 Å². The molecule has 1 aromatic carbocycles. The van der Waals surface area contributed by atoms with Gasteiger partial charge in [0, 0.05) is 30.1 Å². The number of hydrogen-bond acceptors (Lipinski definition) is 7. The fraction of sp³-hybridized carbons (Fsp3) is 0.450. The summed E-state index contributed by atoms with van der Waals surface area (Å²) < 4.78 is 0. The number of hydrogen-bond donors (Lipinski definition) is 0. The van der Waals surface area contributed by atoms with Gasteiger partial charge in [-0.2, -0.15) is 10.2 Å². The monoisotopic (exact) mass is 396 g/mol. The first-order chi connectivity index (χ1) is 13.5. The highest BCUT2D eigenvalue weighted by molar-refractivity contribution is 7.14. The molecule has 0 saturated carbocycles. The van der Waals surface area contributed by atoms with Crippen molar-refractivity contribution in [2.45, 2.75) is 32.2 Å². The highest BCUT2D eigenvalue weighted by atomic mass is 32.1. The molecule has 4 rings (SSSR count). The van der Waals surface area contributed by atoms with Gasteiger partial charge in [0.05, 0.1) is 17.6 Å². The number of benzene rings is 1. The molecule has 0 atom stereocenters. The third-order valence-electron chi connectivity index (χ3n) is 5.29. The van der Waals surface area contributed by atoms with Gasteiger partial charge >= 0.3 is 0 Å². The second kappa shape index (κ2) is 7.89. The Kier molecular flexibility index (Phi) is 5.32. The summed E-state index contributed by atoms with van der Waals surface area (Å²) in [6, 6.07) is 8.49. The van der Waals surface area contributed by atoms with E-state index in [-0.39, 0.29) is 12.3 Å². The molecule has 7 nitrogen and oxygen atoms in total. The number of rotatable bonds is 4. The van der Waals surface area contributed by atoms with Crippen molar-refractivity contribution in [3.05, 3.63) is 35.0 Å². The number of fused-ring (bicyclic) bond motifs is 1. The molecule has 2 aromatic heterocycles. The summed E-state index contributed by atoms with van der Waals surface area (Å²) in [5.74, 6) is 0.127. The molecule has 8 heteroatoms. The molecule has 146 valence electrons. The van der Waals surface area contributed by atoms with E-state index in [0.717, 1.165) is 52.4 Å². The molecule has 1 amide bonds.